The van der Waals surface area contributed by atoms with Crippen molar-refractivity contribution in [1.82, 2.24) is 15.0 Å². The molecule has 1 amide bonds. The van der Waals surface area contributed by atoms with Crippen molar-refractivity contribution in [1.29, 1.82) is 0 Å². The van der Waals surface area contributed by atoms with E-state index in [1.165, 1.54) is 5.69 Å². The Labute approximate surface area is 163 Å². The van der Waals surface area contributed by atoms with E-state index in [4.69, 9.17) is 9.26 Å². The molecule has 1 aromatic heterocycles. The molecular weight excluding hydrogens is 356 g/mol. The Balaban J connectivity index is 1.41. The molecule has 28 heavy (non-hydrogen) atoms. The van der Waals surface area contributed by atoms with E-state index in [1.54, 1.807) is 19.1 Å². The molecule has 1 aliphatic rings. The molecule has 1 saturated heterocycles. The van der Waals surface area contributed by atoms with Gasteiger partial charge in [0.05, 0.1) is 5.56 Å². The minimum absolute atomic E-state index is 0.0207. The minimum Gasteiger partial charge on any atom is -0.485 e. The molecule has 0 radical (unpaired) electrons. The summed E-state index contributed by atoms with van der Waals surface area (Å²) in [6.07, 6.45) is 0. The average molecular weight is 378 g/mol. The van der Waals surface area contributed by atoms with Crippen molar-refractivity contribution < 1.29 is 14.1 Å². The molecule has 4 rings (SSSR count). The number of ether oxygens (including phenoxy) is 1. The van der Waals surface area contributed by atoms with E-state index >= 15 is 0 Å². The van der Waals surface area contributed by atoms with Crippen LogP contribution in [-0.2, 0) is 6.61 Å². The summed E-state index contributed by atoms with van der Waals surface area (Å²) in [6, 6.07) is 17.6. The summed E-state index contributed by atoms with van der Waals surface area (Å²) >= 11 is 0. The fourth-order valence-corrected chi connectivity index (χ4v) is 3.29. The van der Waals surface area contributed by atoms with Gasteiger partial charge in [-0.25, -0.2) is 0 Å². The third kappa shape index (κ3) is 3.98. The van der Waals surface area contributed by atoms with Gasteiger partial charge in [-0.15, -0.1) is 0 Å². The second-order valence-corrected chi connectivity index (χ2v) is 6.63. The van der Waals surface area contributed by atoms with Crippen molar-refractivity contribution in [2.75, 3.05) is 31.1 Å². The molecule has 3 aromatic rings. The van der Waals surface area contributed by atoms with E-state index in [1.807, 2.05) is 35.2 Å². The SMILES string of the molecule is Cc1nc(COc2ccccc2C(=O)N2CCN(c3ccccc3)CC2)no1. The van der Waals surface area contributed by atoms with Crippen LogP contribution in [0.15, 0.2) is 59.1 Å². The molecule has 0 atom stereocenters. The number of aromatic nitrogens is 2. The van der Waals surface area contributed by atoms with Crippen LogP contribution in [0, 0.1) is 6.92 Å². The molecule has 0 N–H and O–H groups in total. The van der Waals surface area contributed by atoms with Gasteiger partial charge in [-0.1, -0.05) is 35.5 Å². The lowest BCUT2D eigenvalue weighted by Crippen LogP contribution is -2.48. The van der Waals surface area contributed by atoms with E-state index < -0.39 is 0 Å². The summed E-state index contributed by atoms with van der Waals surface area (Å²) in [5, 5.41) is 3.82. The van der Waals surface area contributed by atoms with Crippen LogP contribution in [0.5, 0.6) is 5.75 Å². The first-order valence-electron chi connectivity index (χ1n) is 9.31. The highest BCUT2D eigenvalue weighted by atomic mass is 16.5. The van der Waals surface area contributed by atoms with Crippen LogP contribution in [0.3, 0.4) is 0 Å². The number of carbonyl (C=O) groups excluding carboxylic acids is 1. The van der Waals surface area contributed by atoms with Crippen molar-refractivity contribution in [2.45, 2.75) is 13.5 Å². The maximum atomic E-state index is 13.1. The van der Waals surface area contributed by atoms with Crippen LogP contribution < -0.4 is 9.64 Å². The highest BCUT2D eigenvalue weighted by Crippen LogP contribution is 2.23. The molecule has 7 nitrogen and oxygen atoms in total. The Morgan fingerprint density at radius 1 is 1.04 bits per heavy atom. The molecule has 1 fully saturated rings. The van der Waals surface area contributed by atoms with Crippen LogP contribution in [0.2, 0.25) is 0 Å². The number of anilines is 1. The lowest BCUT2D eigenvalue weighted by Gasteiger charge is -2.36. The van der Waals surface area contributed by atoms with Gasteiger partial charge in [0.1, 0.15) is 5.75 Å². The number of hydrogen-bond donors (Lipinski definition) is 0. The van der Waals surface area contributed by atoms with Crippen molar-refractivity contribution in [2.24, 2.45) is 0 Å². The topological polar surface area (TPSA) is 71.7 Å². The molecule has 1 aliphatic heterocycles. The third-order valence-corrected chi connectivity index (χ3v) is 4.73. The Kier molecular flexibility index (Phi) is 5.23. The predicted molar refractivity (Wildman–Crippen MR) is 104 cm³/mol. The summed E-state index contributed by atoms with van der Waals surface area (Å²) in [7, 11) is 0. The zero-order valence-corrected chi connectivity index (χ0v) is 15.7. The monoisotopic (exact) mass is 378 g/mol. The lowest BCUT2D eigenvalue weighted by atomic mass is 10.1. The molecule has 144 valence electrons. The van der Waals surface area contributed by atoms with E-state index in [9.17, 15) is 4.79 Å². The Bertz CT molecular complexity index is 934. The van der Waals surface area contributed by atoms with Gasteiger partial charge in [0, 0.05) is 38.8 Å². The van der Waals surface area contributed by atoms with Crippen LogP contribution >= 0.6 is 0 Å². The number of amides is 1. The fourth-order valence-electron chi connectivity index (χ4n) is 3.29. The van der Waals surface area contributed by atoms with E-state index in [0.29, 0.717) is 36.1 Å². The molecule has 2 heterocycles. The molecule has 0 saturated carbocycles. The Hall–Kier alpha value is -3.35. The smallest absolute Gasteiger partial charge is 0.257 e. The molecule has 2 aromatic carbocycles. The Morgan fingerprint density at radius 2 is 1.75 bits per heavy atom. The highest BCUT2D eigenvalue weighted by molar-refractivity contribution is 5.97. The van der Waals surface area contributed by atoms with Crippen molar-refractivity contribution in [3.8, 4) is 5.75 Å². The van der Waals surface area contributed by atoms with Crippen LogP contribution in [-0.4, -0.2) is 47.1 Å². The molecular formula is C21H22N4O3. The number of aryl methyl sites for hydroxylation is 1. The highest BCUT2D eigenvalue weighted by Gasteiger charge is 2.24. The number of nitrogens with zero attached hydrogens (tertiary/aromatic N) is 4. The molecule has 0 bridgehead atoms. The summed E-state index contributed by atoms with van der Waals surface area (Å²) < 4.78 is 10.7. The summed E-state index contributed by atoms with van der Waals surface area (Å²) in [5.41, 5.74) is 1.74. The second-order valence-electron chi connectivity index (χ2n) is 6.63. The maximum absolute atomic E-state index is 13.1. The molecule has 0 spiro atoms. The van der Waals surface area contributed by atoms with Gasteiger partial charge in [-0.3, -0.25) is 4.79 Å². The van der Waals surface area contributed by atoms with Crippen LogP contribution in [0.1, 0.15) is 22.1 Å². The standard InChI is InChI=1S/C21H22N4O3/c1-16-22-20(23-28-16)15-27-19-10-6-5-9-18(19)21(26)25-13-11-24(12-14-25)17-7-3-2-4-8-17/h2-10H,11-15H2,1H3. The number of rotatable bonds is 5. The number of piperazine rings is 1. The van der Waals surface area contributed by atoms with Crippen LogP contribution in [0.25, 0.3) is 0 Å². The van der Waals surface area contributed by atoms with Gasteiger partial charge < -0.3 is 19.1 Å². The number of benzene rings is 2. The van der Waals surface area contributed by atoms with Crippen molar-refractivity contribution in [3.63, 3.8) is 0 Å². The number of para-hydroxylation sites is 2. The second kappa shape index (κ2) is 8.12. The Morgan fingerprint density at radius 3 is 2.46 bits per heavy atom. The van der Waals surface area contributed by atoms with Crippen molar-refractivity contribution in [3.05, 3.63) is 71.9 Å². The number of carbonyl (C=O) groups is 1. The number of hydrogen-bond acceptors (Lipinski definition) is 6. The van der Waals surface area contributed by atoms with E-state index in [0.717, 1.165) is 13.1 Å². The van der Waals surface area contributed by atoms with Gasteiger partial charge in [-0.05, 0) is 24.3 Å². The molecule has 0 aliphatic carbocycles. The average Bonchev–Trinajstić information content (AvgIpc) is 3.18. The zero-order chi connectivity index (χ0) is 19.3. The van der Waals surface area contributed by atoms with Gasteiger partial charge >= 0.3 is 0 Å². The largest absolute Gasteiger partial charge is 0.485 e. The normalized spacial score (nSPS) is 14.2. The minimum atomic E-state index is -0.0207. The van der Waals surface area contributed by atoms with Crippen LogP contribution in [0.4, 0.5) is 5.69 Å². The summed E-state index contributed by atoms with van der Waals surface area (Å²) in [5.74, 6) is 1.45. The fraction of sp³-hybridized carbons (Fsp3) is 0.286. The molecule has 7 heteroatoms. The first-order chi connectivity index (χ1) is 13.7. The van der Waals surface area contributed by atoms with Gasteiger partial charge in [0.2, 0.25) is 11.7 Å². The predicted octanol–water partition coefficient (Wildman–Crippen LogP) is 2.92. The zero-order valence-electron chi connectivity index (χ0n) is 15.7. The quantitative estimate of drug-likeness (QED) is 0.680. The van der Waals surface area contributed by atoms with Gasteiger partial charge in [0.15, 0.2) is 6.61 Å². The van der Waals surface area contributed by atoms with E-state index in [-0.39, 0.29) is 12.5 Å². The summed E-state index contributed by atoms with van der Waals surface area (Å²) in [6.45, 7) is 4.84. The third-order valence-electron chi connectivity index (χ3n) is 4.73. The van der Waals surface area contributed by atoms with Crippen molar-refractivity contribution >= 4 is 11.6 Å². The lowest BCUT2D eigenvalue weighted by molar-refractivity contribution is 0.0741. The van der Waals surface area contributed by atoms with Gasteiger partial charge in [-0.2, -0.15) is 4.98 Å². The molecule has 0 unspecified atom stereocenters. The first-order valence-corrected chi connectivity index (χ1v) is 9.31. The maximum Gasteiger partial charge on any atom is 0.257 e. The summed E-state index contributed by atoms with van der Waals surface area (Å²) in [4.78, 5) is 21.4. The van der Waals surface area contributed by atoms with E-state index in [2.05, 4.69) is 27.2 Å². The van der Waals surface area contributed by atoms with Gasteiger partial charge in [0.25, 0.3) is 5.91 Å². The first kappa shape index (κ1) is 18.0.